The van der Waals surface area contributed by atoms with Crippen LogP contribution in [0.4, 0.5) is 45.5 Å². The van der Waals surface area contributed by atoms with Gasteiger partial charge in [0.05, 0.1) is 11.2 Å². The minimum absolute atomic E-state index is 0.0189. The van der Waals surface area contributed by atoms with Crippen molar-refractivity contribution >= 4 is 90.5 Å². The molecule has 4 heterocycles. The van der Waals surface area contributed by atoms with E-state index in [1.54, 1.807) is 0 Å². The van der Waals surface area contributed by atoms with Crippen LogP contribution in [0.15, 0.2) is 156 Å². The number of furan rings is 1. The molecule has 5 heteroatoms. The smallest absolute Gasteiger partial charge is 0.252 e. The fourth-order valence-corrected chi connectivity index (χ4v) is 13.9. The fourth-order valence-electron chi connectivity index (χ4n) is 13.9. The van der Waals surface area contributed by atoms with Gasteiger partial charge >= 0.3 is 0 Å². The maximum Gasteiger partial charge on any atom is 0.252 e. The van der Waals surface area contributed by atoms with Gasteiger partial charge in [0.1, 0.15) is 11.2 Å². The monoisotopic (exact) mass is 940 g/mol. The highest BCUT2D eigenvalue weighted by molar-refractivity contribution is 7.00. The Morgan fingerprint density at radius 2 is 1.11 bits per heavy atom. The van der Waals surface area contributed by atoms with Crippen molar-refractivity contribution in [3.8, 4) is 11.1 Å². The van der Waals surface area contributed by atoms with Crippen LogP contribution in [0.25, 0.3) is 33.1 Å². The SMILES string of the molecule is Cc1cc2c3c(c1)N(c1ccc(C(C)(C)C)cc1-c1ccccc1)c1cc(C(C)(C)C)ccc1B3c1ccc(N3c4cc(C)cc(C)c4C4(C)CCCCC34C)cc1N2c1ccc2oc3ccccc3c2c1. The molecular formula is C67H66BN3O. The van der Waals surface area contributed by atoms with Gasteiger partial charge in [-0.2, -0.15) is 0 Å². The van der Waals surface area contributed by atoms with Gasteiger partial charge in [-0.25, -0.2) is 0 Å². The molecule has 0 saturated heterocycles. The summed E-state index contributed by atoms with van der Waals surface area (Å²) in [4.78, 5) is 8.02. The summed E-state index contributed by atoms with van der Waals surface area (Å²) in [7, 11) is 0. The summed E-state index contributed by atoms with van der Waals surface area (Å²) in [5, 5.41) is 2.26. The second-order valence-electron chi connectivity index (χ2n) is 24.3. The molecule has 4 nitrogen and oxygen atoms in total. The van der Waals surface area contributed by atoms with Crippen molar-refractivity contribution < 1.29 is 4.42 Å². The number of hydrogen-bond acceptors (Lipinski definition) is 4. The lowest BCUT2D eigenvalue weighted by Crippen LogP contribution is -2.61. The largest absolute Gasteiger partial charge is 0.456 e. The Balaban J connectivity index is 1.12. The second-order valence-corrected chi connectivity index (χ2v) is 24.3. The Kier molecular flexibility index (Phi) is 9.68. The molecule has 13 rings (SSSR count). The van der Waals surface area contributed by atoms with Gasteiger partial charge in [-0.05, 0) is 179 Å². The predicted molar refractivity (Wildman–Crippen MR) is 308 cm³/mol. The van der Waals surface area contributed by atoms with Crippen LogP contribution in [0.5, 0.6) is 0 Å². The van der Waals surface area contributed by atoms with Crippen molar-refractivity contribution in [2.75, 3.05) is 14.7 Å². The van der Waals surface area contributed by atoms with Crippen molar-refractivity contribution in [1.82, 2.24) is 0 Å². The minimum Gasteiger partial charge on any atom is -0.456 e. The lowest BCUT2D eigenvalue weighted by atomic mass is 9.33. The second kappa shape index (κ2) is 15.5. The molecule has 2 unspecified atom stereocenters. The lowest BCUT2D eigenvalue weighted by Gasteiger charge is -2.51. The normalized spacial score (nSPS) is 19.1. The quantitative estimate of drug-likeness (QED) is 0.164. The van der Waals surface area contributed by atoms with Crippen LogP contribution in [0.3, 0.4) is 0 Å². The molecule has 0 N–H and O–H groups in total. The lowest BCUT2D eigenvalue weighted by molar-refractivity contribution is 0.194. The third-order valence-corrected chi connectivity index (χ3v) is 17.7. The van der Waals surface area contributed by atoms with Crippen LogP contribution < -0.4 is 31.1 Å². The molecule has 3 aliphatic heterocycles. The van der Waals surface area contributed by atoms with Gasteiger partial charge in [-0.15, -0.1) is 0 Å². The molecule has 1 saturated carbocycles. The Morgan fingerprint density at radius 1 is 0.500 bits per heavy atom. The minimum atomic E-state index is -0.0869. The van der Waals surface area contributed by atoms with Crippen LogP contribution in [-0.4, -0.2) is 12.3 Å². The number of hydrogen-bond donors (Lipinski definition) is 0. The van der Waals surface area contributed by atoms with E-state index in [-0.39, 0.29) is 28.5 Å². The third-order valence-electron chi connectivity index (χ3n) is 17.7. The molecule has 2 atom stereocenters. The van der Waals surface area contributed by atoms with Crippen LogP contribution in [0.2, 0.25) is 0 Å². The van der Waals surface area contributed by atoms with Crippen molar-refractivity contribution in [3.63, 3.8) is 0 Å². The number of benzene rings is 8. The summed E-state index contributed by atoms with van der Waals surface area (Å²) in [6.07, 6.45) is 4.84. The summed E-state index contributed by atoms with van der Waals surface area (Å²) in [5.74, 6) is 0. The first-order valence-corrected chi connectivity index (χ1v) is 26.5. The van der Waals surface area contributed by atoms with Crippen LogP contribution >= 0.6 is 0 Å². The van der Waals surface area contributed by atoms with E-state index in [1.165, 1.54) is 120 Å². The molecule has 0 bridgehead atoms. The Bertz CT molecular complexity index is 3720. The van der Waals surface area contributed by atoms with E-state index < -0.39 is 0 Å². The third kappa shape index (κ3) is 6.44. The fraction of sp³-hybridized carbons (Fsp3) is 0.284. The van der Waals surface area contributed by atoms with E-state index in [1.807, 2.05) is 0 Å². The molecule has 0 spiro atoms. The van der Waals surface area contributed by atoms with E-state index in [0.29, 0.717) is 0 Å². The first-order chi connectivity index (χ1) is 34.4. The van der Waals surface area contributed by atoms with E-state index in [4.69, 9.17) is 4.42 Å². The first kappa shape index (κ1) is 44.9. The van der Waals surface area contributed by atoms with Gasteiger partial charge in [0.15, 0.2) is 0 Å². The number of anilines is 8. The number of aryl methyl sites for hydroxylation is 3. The number of para-hydroxylation sites is 1. The van der Waals surface area contributed by atoms with E-state index in [9.17, 15) is 0 Å². The highest BCUT2D eigenvalue weighted by Gasteiger charge is 2.58. The van der Waals surface area contributed by atoms with Gasteiger partial charge < -0.3 is 19.1 Å². The molecule has 0 radical (unpaired) electrons. The molecule has 1 fully saturated rings. The molecule has 72 heavy (non-hydrogen) atoms. The Morgan fingerprint density at radius 3 is 1.88 bits per heavy atom. The summed E-state index contributed by atoms with van der Waals surface area (Å²) >= 11 is 0. The molecule has 4 aliphatic rings. The topological polar surface area (TPSA) is 22.9 Å². The zero-order chi connectivity index (χ0) is 49.8. The molecule has 8 aromatic carbocycles. The zero-order valence-electron chi connectivity index (χ0n) is 44.1. The van der Waals surface area contributed by atoms with Gasteiger partial charge in [0, 0.05) is 61.6 Å². The number of nitrogens with zero attached hydrogens (tertiary/aromatic N) is 3. The predicted octanol–water partition coefficient (Wildman–Crippen LogP) is 16.6. The van der Waals surface area contributed by atoms with Gasteiger partial charge in [0.25, 0.3) is 6.71 Å². The maximum absolute atomic E-state index is 6.51. The van der Waals surface area contributed by atoms with Gasteiger partial charge in [-0.3, -0.25) is 0 Å². The van der Waals surface area contributed by atoms with E-state index in [2.05, 4.69) is 243 Å². The van der Waals surface area contributed by atoms with Gasteiger partial charge in [0.2, 0.25) is 0 Å². The molecular weight excluding hydrogens is 874 g/mol. The van der Waals surface area contributed by atoms with Crippen molar-refractivity contribution in [1.29, 1.82) is 0 Å². The summed E-state index contributed by atoms with van der Waals surface area (Å²) in [6.45, 7) is 26.0. The molecule has 1 aromatic heterocycles. The first-order valence-electron chi connectivity index (χ1n) is 26.5. The average Bonchev–Trinajstić information content (AvgIpc) is 3.82. The summed E-state index contributed by atoms with van der Waals surface area (Å²) in [6, 6.07) is 58.4. The number of rotatable bonds is 4. The number of fused-ring (bicyclic) bond motifs is 10. The van der Waals surface area contributed by atoms with E-state index in [0.717, 1.165) is 34.0 Å². The van der Waals surface area contributed by atoms with Gasteiger partial charge in [-0.1, -0.05) is 140 Å². The molecule has 9 aromatic rings. The summed E-state index contributed by atoms with van der Waals surface area (Å²) in [5.41, 5.74) is 26.1. The average molecular weight is 940 g/mol. The molecule has 1 aliphatic carbocycles. The molecule has 0 amide bonds. The van der Waals surface area contributed by atoms with E-state index >= 15 is 0 Å². The zero-order valence-corrected chi connectivity index (χ0v) is 44.1. The highest BCUT2D eigenvalue weighted by atomic mass is 16.3. The molecule has 358 valence electrons. The van der Waals surface area contributed by atoms with Crippen LogP contribution in [-0.2, 0) is 16.2 Å². The Labute approximate surface area is 427 Å². The van der Waals surface area contributed by atoms with Crippen molar-refractivity contribution in [3.05, 3.63) is 185 Å². The van der Waals surface area contributed by atoms with Crippen LogP contribution in [0.1, 0.15) is 114 Å². The maximum atomic E-state index is 6.51. The van der Waals surface area contributed by atoms with Crippen molar-refractivity contribution in [2.24, 2.45) is 0 Å². The highest BCUT2D eigenvalue weighted by Crippen LogP contribution is 2.62. The Hall–Kier alpha value is -6.98. The summed E-state index contributed by atoms with van der Waals surface area (Å²) < 4.78 is 6.51. The van der Waals surface area contributed by atoms with Crippen molar-refractivity contribution in [2.45, 2.75) is 124 Å². The standard InChI is InChI=1S/C67H66BN3O/c1-41-33-43(3)62-57(34-41)71(67(11)32-18-17-31-66(62,67)10)48-25-28-53-56(40-48)69(47-26-30-61-51(39-47)49-21-15-16-22-60(49)72-61)58-35-42(2)36-59-63(58)68(53)52-27-23-46(65(7,8)9)38-55(52)70(59)54-29-24-45(64(4,5)6)37-50(54)44-19-13-12-14-20-44/h12-16,19-30,33-40H,17-18,31-32H2,1-11H3. The van der Waals surface area contributed by atoms with Crippen LogP contribution in [0, 0.1) is 20.8 Å².